The van der Waals surface area contributed by atoms with Gasteiger partial charge in [-0.2, -0.15) is 0 Å². The average molecular weight is 623 g/mol. The molecule has 238 valence electrons. The number of unbranched alkanes of at least 4 members (excludes halogenated alkanes) is 3. The fourth-order valence-electron chi connectivity index (χ4n) is 5.11. The number of hydrogen-bond acceptors (Lipinski definition) is 6. The van der Waals surface area contributed by atoms with Crippen LogP contribution >= 0.6 is 0 Å². The molecule has 8 nitrogen and oxygen atoms in total. The van der Waals surface area contributed by atoms with Crippen molar-refractivity contribution in [2.45, 2.75) is 77.4 Å². The first-order valence-electron chi connectivity index (χ1n) is 15.4. The van der Waals surface area contributed by atoms with Crippen molar-refractivity contribution in [3.63, 3.8) is 0 Å². The smallest absolute Gasteiger partial charge is 0.113 e. The van der Waals surface area contributed by atoms with Crippen molar-refractivity contribution in [1.29, 1.82) is 0 Å². The van der Waals surface area contributed by atoms with Gasteiger partial charge in [-0.05, 0) is 113 Å². The fourth-order valence-corrected chi connectivity index (χ4v) is 6.04. The zero-order valence-corrected chi connectivity index (χ0v) is 27.7. The SMILES string of the molecule is CCN(CCCCCCN(CC)CCCC(O)c1ccc(NS(C)=O)cc1)CCCC(O)c1ccc(NS(C)=O)cc1. The largest absolute Gasteiger partial charge is 0.388 e. The van der Waals surface area contributed by atoms with E-state index in [1.807, 2.05) is 48.5 Å². The van der Waals surface area contributed by atoms with Gasteiger partial charge in [-0.3, -0.25) is 0 Å². The van der Waals surface area contributed by atoms with Crippen molar-refractivity contribution in [1.82, 2.24) is 9.80 Å². The second-order valence-corrected chi connectivity index (χ2v) is 13.2. The van der Waals surface area contributed by atoms with E-state index in [-0.39, 0.29) is 0 Å². The monoisotopic (exact) mass is 622 g/mol. The van der Waals surface area contributed by atoms with Crippen LogP contribution in [0.15, 0.2) is 48.5 Å². The Bertz CT molecular complexity index is 956. The lowest BCUT2D eigenvalue weighted by Gasteiger charge is -2.22. The van der Waals surface area contributed by atoms with E-state index in [1.165, 1.54) is 25.7 Å². The summed E-state index contributed by atoms with van der Waals surface area (Å²) in [6.07, 6.45) is 10.5. The Morgan fingerprint density at radius 3 is 1.24 bits per heavy atom. The molecular formula is C32H54N4O4S2. The van der Waals surface area contributed by atoms with E-state index in [0.29, 0.717) is 0 Å². The van der Waals surface area contributed by atoms with Crippen LogP contribution in [0, 0.1) is 0 Å². The first-order chi connectivity index (χ1) is 20.2. The van der Waals surface area contributed by atoms with E-state index in [1.54, 1.807) is 12.5 Å². The third-order valence-corrected chi connectivity index (χ3v) is 8.66. The average Bonchev–Trinajstić information content (AvgIpc) is 2.96. The quantitative estimate of drug-likeness (QED) is 0.120. The zero-order chi connectivity index (χ0) is 30.7. The molecular weight excluding hydrogens is 569 g/mol. The second kappa shape index (κ2) is 21.0. The maximum Gasteiger partial charge on any atom is 0.113 e. The van der Waals surface area contributed by atoms with Crippen molar-refractivity contribution in [2.75, 3.05) is 61.2 Å². The Kier molecular flexibility index (Phi) is 18.2. The van der Waals surface area contributed by atoms with Crippen molar-refractivity contribution in [3.8, 4) is 0 Å². The highest BCUT2D eigenvalue weighted by atomic mass is 32.2. The van der Waals surface area contributed by atoms with Crippen LogP contribution in [-0.2, 0) is 22.0 Å². The van der Waals surface area contributed by atoms with E-state index in [4.69, 9.17) is 0 Å². The van der Waals surface area contributed by atoms with Crippen molar-refractivity contribution >= 4 is 33.3 Å². The predicted molar refractivity (Wildman–Crippen MR) is 179 cm³/mol. The molecule has 42 heavy (non-hydrogen) atoms. The molecule has 0 heterocycles. The summed E-state index contributed by atoms with van der Waals surface area (Å²) in [4.78, 5) is 4.96. The summed E-state index contributed by atoms with van der Waals surface area (Å²) >= 11 is 0. The number of anilines is 2. The first kappa shape index (κ1) is 36.4. The third-order valence-electron chi connectivity index (χ3n) is 7.61. The molecule has 2 aromatic rings. The highest BCUT2D eigenvalue weighted by molar-refractivity contribution is 7.85. The van der Waals surface area contributed by atoms with Crippen LogP contribution in [0.1, 0.15) is 88.5 Å². The van der Waals surface area contributed by atoms with Crippen LogP contribution in [-0.4, -0.2) is 80.2 Å². The van der Waals surface area contributed by atoms with Gasteiger partial charge >= 0.3 is 0 Å². The molecule has 0 saturated carbocycles. The van der Waals surface area contributed by atoms with Crippen LogP contribution < -0.4 is 9.44 Å². The molecule has 0 fully saturated rings. The highest BCUT2D eigenvalue weighted by Crippen LogP contribution is 2.22. The number of hydrogen-bond donors (Lipinski definition) is 4. The summed E-state index contributed by atoms with van der Waals surface area (Å²) in [5, 5.41) is 21.1. The zero-order valence-electron chi connectivity index (χ0n) is 26.1. The van der Waals surface area contributed by atoms with Crippen LogP contribution in [0.25, 0.3) is 0 Å². The van der Waals surface area contributed by atoms with Gasteiger partial charge in [0.15, 0.2) is 0 Å². The van der Waals surface area contributed by atoms with E-state index in [9.17, 15) is 18.6 Å². The van der Waals surface area contributed by atoms with E-state index < -0.39 is 34.2 Å². The summed E-state index contributed by atoms with van der Waals surface area (Å²) < 4.78 is 28.3. The number of rotatable bonds is 23. The topological polar surface area (TPSA) is 105 Å². The van der Waals surface area contributed by atoms with E-state index in [2.05, 4.69) is 33.1 Å². The van der Waals surface area contributed by atoms with Gasteiger partial charge in [0.2, 0.25) is 0 Å². The van der Waals surface area contributed by atoms with E-state index >= 15 is 0 Å². The molecule has 0 aliphatic rings. The van der Waals surface area contributed by atoms with Crippen molar-refractivity contribution in [2.24, 2.45) is 0 Å². The number of nitrogens with zero attached hydrogens (tertiary/aromatic N) is 2. The minimum atomic E-state index is -1.10. The van der Waals surface area contributed by atoms with Gasteiger partial charge in [-0.1, -0.05) is 51.0 Å². The minimum absolute atomic E-state index is 0.474. The molecule has 4 N–H and O–H groups in total. The van der Waals surface area contributed by atoms with Crippen LogP contribution in [0.3, 0.4) is 0 Å². The molecule has 2 aromatic carbocycles. The third kappa shape index (κ3) is 15.1. The fraction of sp³-hybridized carbons (Fsp3) is 0.625. The summed E-state index contributed by atoms with van der Waals surface area (Å²) in [6.45, 7) is 10.7. The standard InChI is InChI=1S/C32H54N4O4S2/c1-5-35(25-11-13-31(37)27-15-19-29(20-16-27)33-41(3)39)23-9-7-8-10-24-36(6-2)26-12-14-32(38)28-17-21-30(22-18-28)34-42(4)40/h15-22,31-34,37-38H,5-14,23-26H2,1-4H3. The molecule has 0 radical (unpaired) electrons. The van der Waals surface area contributed by atoms with Gasteiger partial charge < -0.3 is 29.5 Å². The van der Waals surface area contributed by atoms with Gasteiger partial charge in [0.1, 0.15) is 22.0 Å². The summed E-state index contributed by atoms with van der Waals surface area (Å²) in [7, 11) is -2.20. The molecule has 0 aromatic heterocycles. The highest BCUT2D eigenvalue weighted by Gasteiger charge is 2.11. The molecule has 2 rings (SSSR count). The van der Waals surface area contributed by atoms with Gasteiger partial charge in [-0.25, -0.2) is 8.42 Å². The summed E-state index contributed by atoms with van der Waals surface area (Å²) in [5.74, 6) is 0. The lowest BCUT2D eigenvalue weighted by molar-refractivity contribution is 0.154. The number of benzene rings is 2. The van der Waals surface area contributed by atoms with Crippen LogP contribution in [0.2, 0.25) is 0 Å². The van der Waals surface area contributed by atoms with E-state index in [0.717, 1.165) is 87.5 Å². The van der Waals surface area contributed by atoms with Gasteiger partial charge in [0.25, 0.3) is 0 Å². The summed E-state index contributed by atoms with van der Waals surface area (Å²) in [6, 6.07) is 15.1. The number of aliphatic hydroxyl groups excluding tert-OH is 2. The minimum Gasteiger partial charge on any atom is -0.388 e. The van der Waals surface area contributed by atoms with Gasteiger partial charge in [0, 0.05) is 23.9 Å². The maximum atomic E-state index is 11.3. The Morgan fingerprint density at radius 2 is 0.929 bits per heavy atom. The first-order valence-corrected chi connectivity index (χ1v) is 18.5. The number of aliphatic hydroxyl groups is 2. The Morgan fingerprint density at radius 1 is 0.595 bits per heavy atom. The molecule has 0 spiro atoms. The maximum absolute atomic E-state index is 11.3. The normalized spacial score (nSPS) is 14.6. The van der Waals surface area contributed by atoms with Crippen molar-refractivity contribution < 1.29 is 18.6 Å². The second-order valence-electron chi connectivity index (χ2n) is 11.0. The van der Waals surface area contributed by atoms with Crippen molar-refractivity contribution in [3.05, 3.63) is 59.7 Å². The van der Waals surface area contributed by atoms with Crippen LogP contribution in [0.5, 0.6) is 0 Å². The lowest BCUT2D eigenvalue weighted by atomic mass is 10.0. The lowest BCUT2D eigenvalue weighted by Crippen LogP contribution is -2.27. The molecule has 4 unspecified atom stereocenters. The molecule has 10 heteroatoms. The molecule has 4 atom stereocenters. The Labute approximate surface area is 259 Å². The molecule has 0 amide bonds. The Hall–Kier alpha value is -1.82. The predicted octanol–water partition coefficient (Wildman–Crippen LogP) is 5.63. The molecule has 0 aliphatic carbocycles. The molecule has 0 saturated heterocycles. The summed E-state index contributed by atoms with van der Waals surface area (Å²) in [5.41, 5.74) is 3.40. The molecule has 0 aliphatic heterocycles. The van der Waals surface area contributed by atoms with Crippen LogP contribution in [0.4, 0.5) is 11.4 Å². The van der Waals surface area contributed by atoms with Gasteiger partial charge in [-0.15, -0.1) is 0 Å². The number of nitrogens with one attached hydrogen (secondary N) is 2. The molecule has 0 bridgehead atoms. The Balaban J connectivity index is 1.55. The van der Waals surface area contributed by atoms with Gasteiger partial charge in [0.05, 0.1) is 12.2 Å².